The number of hydrogen-bond donors (Lipinski definition) is 1. The summed E-state index contributed by atoms with van der Waals surface area (Å²) in [4.78, 5) is 20.7. The number of amides is 1. The molecule has 7 nitrogen and oxygen atoms in total. The molecule has 1 aliphatic rings. The molecule has 0 spiro atoms. The maximum absolute atomic E-state index is 12.0. The monoisotopic (exact) mass is 329 g/mol. The predicted octanol–water partition coefficient (Wildman–Crippen LogP) is 1.28. The number of carbonyl (C=O) groups is 1. The fourth-order valence-corrected chi connectivity index (χ4v) is 3.21. The minimum atomic E-state index is -0.380. The number of rotatable bonds is 5. The third-order valence-electron chi connectivity index (χ3n) is 4.55. The van der Waals surface area contributed by atoms with Crippen LogP contribution in [0.25, 0.3) is 0 Å². The zero-order valence-corrected chi connectivity index (χ0v) is 14.1. The summed E-state index contributed by atoms with van der Waals surface area (Å²) in [6.07, 6.45) is 0. The van der Waals surface area contributed by atoms with Gasteiger partial charge in [-0.25, -0.2) is 0 Å². The normalized spacial score (nSPS) is 19.1. The quantitative estimate of drug-likeness (QED) is 0.889. The van der Waals surface area contributed by atoms with Gasteiger partial charge < -0.3 is 10.3 Å². The van der Waals surface area contributed by atoms with Gasteiger partial charge in [-0.3, -0.25) is 14.6 Å². The summed E-state index contributed by atoms with van der Waals surface area (Å²) in [7, 11) is 0. The van der Waals surface area contributed by atoms with E-state index in [-0.39, 0.29) is 18.0 Å². The molecule has 0 unspecified atom stereocenters. The Balaban J connectivity index is 1.66. The molecular weight excluding hydrogens is 306 g/mol. The van der Waals surface area contributed by atoms with Gasteiger partial charge in [-0.1, -0.05) is 35.5 Å². The van der Waals surface area contributed by atoms with Crippen LogP contribution in [0.1, 0.15) is 36.3 Å². The summed E-state index contributed by atoms with van der Waals surface area (Å²) in [5, 5.41) is 3.85. The minimum Gasteiger partial charge on any atom is -0.368 e. The molecule has 2 N–H and O–H groups in total. The van der Waals surface area contributed by atoms with Gasteiger partial charge in [0.15, 0.2) is 5.82 Å². The van der Waals surface area contributed by atoms with Gasteiger partial charge in [0.1, 0.15) is 6.04 Å². The van der Waals surface area contributed by atoms with Crippen LogP contribution in [0.15, 0.2) is 34.9 Å². The summed E-state index contributed by atoms with van der Waals surface area (Å²) < 4.78 is 5.27. The van der Waals surface area contributed by atoms with E-state index < -0.39 is 0 Å². The van der Waals surface area contributed by atoms with Gasteiger partial charge in [0.05, 0.1) is 6.04 Å². The lowest BCUT2D eigenvalue weighted by Crippen LogP contribution is -2.50. The predicted molar refractivity (Wildman–Crippen MR) is 89.0 cm³/mol. The average molecular weight is 329 g/mol. The lowest BCUT2D eigenvalue weighted by molar-refractivity contribution is -0.124. The van der Waals surface area contributed by atoms with Crippen molar-refractivity contribution in [3.8, 4) is 0 Å². The van der Waals surface area contributed by atoms with Crippen LogP contribution in [0.3, 0.4) is 0 Å². The summed E-state index contributed by atoms with van der Waals surface area (Å²) in [6.45, 7) is 7.04. The Labute approximate surface area is 141 Å². The van der Waals surface area contributed by atoms with E-state index in [1.54, 1.807) is 0 Å². The highest BCUT2D eigenvalue weighted by Crippen LogP contribution is 2.25. The summed E-state index contributed by atoms with van der Waals surface area (Å²) in [6, 6.07) is 9.39. The van der Waals surface area contributed by atoms with E-state index in [0.717, 1.165) is 31.7 Å². The molecule has 1 amide bonds. The van der Waals surface area contributed by atoms with Crippen molar-refractivity contribution in [1.82, 2.24) is 19.9 Å². The fourth-order valence-electron chi connectivity index (χ4n) is 3.21. The molecule has 0 bridgehead atoms. The van der Waals surface area contributed by atoms with Crippen molar-refractivity contribution in [3.63, 3.8) is 0 Å². The van der Waals surface area contributed by atoms with Crippen LogP contribution in [-0.2, 0) is 4.79 Å². The Bertz CT molecular complexity index is 679. The number of nitrogens with zero attached hydrogens (tertiary/aromatic N) is 4. The highest BCUT2D eigenvalue weighted by Gasteiger charge is 2.31. The first-order valence-electron chi connectivity index (χ1n) is 8.19. The molecule has 128 valence electrons. The number of primary amides is 1. The van der Waals surface area contributed by atoms with Gasteiger partial charge >= 0.3 is 0 Å². The Morgan fingerprint density at radius 3 is 2.33 bits per heavy atom. The summed E-state index contributed by atoms with van der Waals surface area (Å²) >= 11 is 0. The van der Waals surface area contributed by atoms with E-state index in [1.165, 1.54) is 0 Å². The largest absolute Gasteiger partial charge is 0.368 e. The number of aryl methyl sites for hydroxylation is 1. The first-order valence-corrected chi connectivity index (χ1v) is 8.19. The maximum Gasteiger partial charge on any atom is 0.243 e. The Hall–Kier alpha value is -2.25. The lowest BCUT2D eigenvalue weighted by atomic mass is 10.0. The van der Waals surface area contributed by atoms with Gasteiger partial charge in [0.25, 0.3) is 0 Å². The van der Waals surface area contributed by atoms with E-state index in [1.807, 2.05) is 37.3 Å². The van der Waals surface area contributed by atoms with Crippen LogP contribution in [0, 0.1) is 6.92 Å². The minimum absolute atomic E-state index is 0.0668. The summed E-state index contributed by atoms with van der Waals surface area (Å²) in [5.41, 5.74) is 6.60. The number of piperazine rings is 1. The Kier molecular flexibility index (Phi) is 4.92. The fraction of sp³-hybridized carbons (Fsp3) is 0.471. The number of nitrogens with two attached hydrogens (primary N) is 1. The van der Waals surface area contributed by atoms with Crippen LogP contribution in [0.4, 0.5) is 0 Å². The standard InChI is InChI=1S/C17H23N5O2/c1-12(17-19-13(2)20-24-17)21-8-10-22(11-9-21)15(16(18)23)14-6-4-3-5-7-14/h3-7,12,15H,8-11H2,1-2H3,(H2,18,23)/t12-,15-/m1/s1. The molecular formula is C17H23N5O2. The van der Waals surface area contributed by atoms with Gasteiger partial charge in [-0.15, -0.1) is 0 Å². The molecule has 1 aromatic carbocycles. The van der Waals surface area contributed by atoms with Crippen molar-refractivity contribution in [2.75, 3.05) is 26.2 Å². The van der Waals surface area contributed by atoms with E-state index in [4.69, 9.17) is 10.3 Å². The van der Waals surface area contributed by atoms with Crippen LogP contribution in [-0.4, -0.2) is 52.0 Å². The zero-order chi connectivity index (χ0) is 17.1. The van der Waals surface area contributed by atoms with E-state index in [9.17, 15) is 4.79 Å². The highest BCUT2D eigenvalue weighted by molar-refractivity contribution is 5.81. The number of carbonyl (C=O) groups excluding carboxylic acids is 1. The second-order valence-electron chi connectivity index (χ2n) is 6.14. The third-order valence-corrected chi connectivity index (χ3v) is 4.55. The highest BCUT2D eigenvalue weighted by atomic mass is 16.5. The van der Waals surface area contributed by atoms with Gasteiger partial charge in [0, 0.05) is 26.2 Å². The van der Waals surface area contributed by atoms with Crippen molar-refractivity contribution in [2.24, 2.45) is 5.73 Å². The van der Waals surface area contributed by atoms with E-state index >= 15 is 0 Å². The second-order valence-corrected chi connectivity index (χ2v) is 6.14. The van der Waals surface area contributed by atoms with Gasteiger partial charge in [-0.05, 0) is 19.4 Å². The van der Waals surface area contributed by atoms with Crippen LogP contribution in [0.5, 0.6) is 0 Å². The third kappa shape index (κ3) is 3.47. The Morgan fingerprint density at radius 2 is 1.79 bits per heavy atom. The smallest absolute Gasteiger partial charge is 0.243 e. The molecule has 1 fully saturated rings. The van der Waals surface area contributed by atoms with Crippen LogP contribution >= 0.6 is 0 Å². The van der Waals surface area contributed by atoms with Crippen LogP contribution in [0.2, 0.25) is 0 Å². The number of aromatic nitrogens is 2. The summed E-state index contributed by atoms with van der Waals surface area (Å²) in [5.74, 6) is 0.971. The van der Waals surface area contributed by atoms with Crippen molar-refractivity contribution < 1.29 is 9.32 Å². The molecule has 1 aromatic heterocycles. The lowest BCUT2D eigenvalue weighted by Gasteiger charge is -2.39. The SMILES string of the molecule is Cc1noc([C@@H](C)N2CCN([C@@H](C(N)=O)c3ccccc3)CC2)n1. The zero-order valence-electron chi connectivity index (χ0n) is 14.1. The van der Waals surface area contributed by atoms with Crippen molar-refractivity contribution in [2.45, 2.75) is 25.9 Å². The van der Waals surface area contributed by atoms with E-state index in [2.05, 4.69) is 26.9 Å². The molecule has 24 heavy (non-hydrogen) atoms. The van der Waals surface area contributed by atoms with Gasteiger partial charge in [-0.2, -0.15) is 4.98 Å². The molecule has 3 rings (SSSR count). The maximum atomic E-state index is 12.0. The van der Waals surface area contributed by atoms with Crippen molar-refractivity contribution >= 4 is 5.91 Å². The second kappa shape index (κ2) is 7.11. The number of benzene rings is 1. The Morgan fingerprint density at radius 1 is 1.17 bits per heavy atom. The van der Waals surface area contributed by atoms with Gasteiger partial charge in [0.2, 0.25) is 11.8 Å². The molecule has 0 radical (unpaired) electrons. The molecule has 7 heteroatoms. The van der Waals surface area contributed by atoms with Crippen LogP contribution < -0.4 is 5.73 Å². The first kappa shape index (κ1) is 16.6. The van der Waals surface area contributed by atoms with E-state index in [0.29, 0.717) is 11.7 Å². The van der Waals surface area contributed by atoms with Crippen molar-refractivity contribution in [1.29, 1.82) is 0 Å². The first-order chi connectivity index (χ1) is 11.6. The average Bonchev–Trinajstić information content (AvgIpc) is 3.02. The molecule has 1 aliphatic heterocycles. The molecule has 0 aliphatic carbocycles. The molecule has 2 heterocycles. The number of hydrogen-bond acceptors (Lipinski definition) is 6. The molecule has 2 atom stereocenters. The molecule has 0 saturated carbocycles. The molecule has 1 saturated heterocycles. The molecule has 2 aromatic rings. The van der Waals surface area contributed by atoms with Crippen molar-refractivity contribution in [3.05, 3.63) is 47.6 Å². The topological polar surface area (TPSA) is 88.5 Å².